The van der Waals surface area contributed by atoms with Crippen molar-refractivity contribution in [2.24, 2.45) is 0 Å². The first-order chi connectivity index (χ1) is 11.7. The van der Waals surface area contributed by atoms with E-state index in [0.717, 1.165) is 37.2 Å². The van der Waals surface area contributed by atoms with Crippen LogP contribution in [0.2, 0.25) is 0 Å². The van der Waals surface area contributed by atoms with E-state index in [-0.39, 0.29) is 17.2 Å². The van der Waals surface area contributed by atoms with E-state index in [1.807, 2.05) is 30.3 Å². The molecule has 1 aromatic carbocycles. The number of nitrogens with two attached hydrogens (primary N) is 1. The summed E-state index contributed by atoms with van der Waals surface area (Å²) in [5.41, 5.74) is 7.60. The quantitative estimate of drug-likeness (QED) is 0.685. The zero-order valence-electron chi connectivity index (χ0n) is 13.3. The number of benzene rings is 1. The van der Waals surface area contributed by atoms with Crippen LogP contribution >= 0.6 is 0 Å². The molecule has 2 N–H and O–H groups in total. The van der Waals surface area contributed by atoms with Crippen LogP contribution in [0, 0.1) is 10.1 Å². The Kier molecular flexibility index (Phi) is 4.69. The maximum Gasteiger partial charge on any atom is 0.336 e. The maximum atomic E-state index is 11.3. The van der Waals surface area contributed by atoms with E-state index >= 15 is 0 Å². The van der Waals surface area contributed by atoms with Crippen LogP contribution in [0.1, 0.15) is 30.5 Å². The molecule has 1 fully saturated rings. The normalized spacial score (nSPS) is 15.3. The Morgan fingerprint density at radius 3 is 2.54 bits per heavy atom. The van der Waals surface area contributed by atoms with Gasteiger partial charge in [-0.15, -0.1) is 0 Å². The van der Waals surface area contributed by atoms with Crippen LogP contribution in [0.3, 0.4) is 0 Å². The first-order valence-corrected chi connectivity index (χ1v) is 7.94. The van der Waals surface area contributed by atoms with E-state index < -0.39 is 4.92 Å². The van der Waals surface area contributed by atoms with Gasteiger partial charge in [-0.25, -0.2) is 9.97 Å². The predicted octanol–water partition coefficient (Wildman–Crippen LogP) is 2.95. The van der Waals surface area contributed by atoms with Crippen LogP contribution in [0.5, 0.6) is 0 Å². The lowest BCUT2D eigenvalue weighted by Gasteiger charge is -2.31. The van der Waals surface area contributed by atoms with Gasteiger partial charge in [-0.1, -0.05) is 30.3 Å². The van der Waals surface area contributed by atoms with E-state index in [0.29, 0.717) is 0 Å². The number of rotatable bonds is 4. The number of nitrogen functional groups attached to an aromatic ring is 1. The molecule has 2 aromatic rings. The molecule has 1 aliphatic rings. The highest BCUT2D eigenvalue weighted by molar-refractivity contribution is 5.83. The Labute approximate surface area is 140 Å². The molecule has 1 saturated heterocycles. The number of anilines is 1. The lowest BCUT2D eigenvalue weighted by molar-refractivity contribution is -0.384. The van der Waals surface area contributed by atoms with E-state index in [4.69, 9.17) is 5.73 Å². The van der Waals surface area contributed by atoms with Crippen molar-refractivity contribution in [1.82, 2.24) is 14.9 Å². The summed E-state index contributed by atoms with van der Waals surface area (Å²) in [7, 11) is 0. The van der Waals surface area contributed by atoms with Crippen LogP contribution in [-0.4, -0.2) is 32.9 Å². The number of nitrogens with zero attached hydrogens (tertiary/aromatic N) is 4. The molecule has 1 aliphatic heterocycles. The van der Waals surface area contributed by atoms with Crippen LogP contribution in [-0.2, 0) is 0 Å². The molecule has 7 nitrogen and oxygen atoms in total. The molecule has 0 bridgehead atoms. The molecule has 0 amide bonds. The monoisotopic (exact) mass is 325 g/mol. The Morgan fingerprint density at radius 2 is 1.88 bits per heavy atom. The number of likely N-dealkylation sites (tertiary alicyclic amines) is 1. The highest BCUT2D eigenvalue weighted by Gasteiger charge is 2.22. The molecule has 7 heteroatoms. The average Bonchev–Trinajstić information content (AvgIpc) is 2.61. The molecule has 0 saturated carbocycles. The summed E-state index contributed by atoms with van der Waals surface area (Å²) < 4.78 is 0. The predicted molar refractivity (Wildman–Crippen MR) is 92.8 cm³/mol. The Balaban J connectivity index is 2.10. The summed E-state index contributed by atoms with van der Waals surface area (Å²) in [6.45, 7) is 1.85. The van der Waals surface area contributed by atoms with Crippen molar-refractivity contribution >= 4 is 23.3 Å². The van der Waals surface area contributed by atoms with Crippen molar-refractivity contribution in [3.63, 3.8) is 0 Å². The standard InChI is InChI=1S/C17H19N5O2/c18-17-16(22(23)24)14(19-12-20-17)11-15(13-7-3-1-4-8-13)21-9-5-2-6-10-21/h1,3-4,7-8,11-12H,2,5-6,9-10H2,(H2,18,19,20)/b15-11+. The molecular formula is C17H19N5O2. The summed E-state index contributed by atoms with van der Waals surface area (Å²) in [4.78, 5) is 20.9. The van der Waals surface area contributed by atoms with Gasteiger partial charge in [-0.2, -0.15) is 0 Å². The Morgan fingerprint density at radius 1 is 1.17 bits per heavy atom. The van der Waals surface area contributed by atoms with Gasteiger partial charge in [0.1, 0.15) is 12.0 Å². The molecule has 1 aromatic heterocycles. The number of hydrogen-bond donors (Lipinski definition) is 1. The minimum absolute atomic E-state index is 0.118. The Hall–Kier alpha value is -2.96. The largest absolute Gasteiger partial charge is 0.378 e. The van der Waals surface area contributed by atoms with E-state index in [9.17, 15) is 10.1 Å². The number of hydrogen-bond acceptors (Lipinski definition) is 6. The third-order valence-electron chi connectivity index (χ3n) is 4.10. The van der Waals surface area contributed by atoms with Crippen molar-refractivity contribution < 1.29 is 4.92 Å². The molecule has 2 heterocycles. The van der Waals surface area contributed by atoms with Gasteiger partial charge in [0.25, 0.3) is 0 Å². The van der Waals surface area contributed by atoms with Gasteiger partial charge >= 0.3 is 5.69 Å². The van der Waals surface area contributed by atoms with Gasteiger partial charge in [0.05, 0.1) is 4.92 Å². The lowest BCUT2D eigenvalue weighted by Crippen LogP contribution is -2.28. The fraction of sp³-hybridized carbons (Fsp3) is 0.294. The van der Waals surface area contributed by atoms with Crippen molar-refractivity contribution in [3.8, 4) is 0 Å². The van der Waals surface area contributed by atoms with Crippen molar-refractivity contribution in [1.29, 1.82) is 0 Å². The van der Waals surface area contributed by atoms with Crippen LogP contribution in [0.25, 0.3) is 11.8 Å². The lowest BCUT2D eigenvalue weighted by atomic mass is 10.0. The van der Waals surface area contributed by atoms with Crippen LogP contribution < -0.4 is 5.73 Å². The van der Waals surface area contributed by atoms with Gasteiger partial charge < -0.3 is 10.6 Å². The third-order valence-corrected chi connectivity index (χ3v) is 4.10. The summed E-state index contributed by atoms with van der Waals surface area (Å²) >= 11 is 0. The summed E-state index contributed by atoms with van der Waals surface area (Å²) in [6, 6.07) is 9.85. The molecule has 124 valence electrons. The molecule has 0 spiro atoms. The molecule has 0 aliphatic carbocycles. The van der Waals surface area contributed by atoms with Crippen molar-refractivity contribution in [2.75, 3.05) is 18.8 Å². The van der Waals surface area contributed by atoms with Gasteiger partial charge in [0, 0.05) is 18.8 Å². The average molecular weight is 325 g/mol. The molecule has 3 rings (SSSR count). The molecule has 0 atom stereocenters. The minimum Gasteiger partial charge on any atom is -0.378 e. The van der Waals surface area contributed by atoms with Gasteiger partial charge in [-0.3, -0.25) is 10.1 Å². The minimum atomic E-state index is -0.528. The van der Waals surface area contributed by atoms with Crippen molar-refractivity contribution in [3.05, 3.63) is 58.0 Å². The van der Waals surface area contributed by atoms with Gasteiger partial charge in [-0.05, 0) is 30.9 Å². The van der Waals surface area contributed by atoms with E-state index in [1.165, 1.54) is 12.7 Å². The topological polar surface area (TPSA) is 98.2 Å². The SMILES string of the molecule is Nc1ncnc(/C=C(\c2ccccc2)N2CCCCC2)c1[N+](=O)[O-]. The molecule has 24 heavy (non-hydrogen) atoms. The zero-order chi connectivity index (χ0) is 16.9. The summed E-state index contributed by atoms with van der Waals surface area (Å²) in [6.07, 6.45) is 6.43. The number of nitro groups is 1. The highest BCUT2D eigenvalue weighted by Crippen LogP contribution is 2.29. The molecule has 0 radical (unpaired) electrons. The second kappa shape index (κ2) is 7.08. The molecule has 0 unspecified atom stereocenters. The molecular weight excluding hydrogens is 306 g/mol. The van der Waals surface area contributed by atoms with Crippen molar-refractivity contribution in [2.45, 2.75) is 19.3 Å². The third kappa shape index (κ3) is 3.34. The number of aromatic nitrogens is 2. The van der Waals surface area contributed by atoms with Crippen LogP contribution in [0.4, 0.5) is 11.5 Å². The Bertz CT molecular complexity index is 755. The first kappa shape index (κ1) is 15.9. The smallest absolute Gasteiger partial charge is 0.336 e. The first-order valence-electron chi connectivity index (χ1n) is 7.94. The van der Waals surface area contributed by atoms with E-state index in [2.05, 4.69) is 14.9 Å². The zero-order valence-corrected chi connectivity index (χ0v) is 13.3. The fourth-order valence-corrected chi connectivity index (χ4v) is 2.93. The van der Waals surface area contributed by atoms with Gasteiger partial charge in [0.2, 0.25) is 5.82 Å². The second-order valence-corrected chi connectivity index (χ2v) is 5.69. The maximum absolute atomic E-state index is 11.3. The van der Waals surface area contributed by atoms with E-state index in [1.54, 1.807) is 6.08 Å². The summed E-state index contributed by atoms with van der Waals surface area (Å²) in [5.74, 6) is -0.118. The fourth-order valence-electron chi connectivity index (χ4n) is 2.93. The van der Waals surface area contributed by atoms with Gasteiger partial charge in [0.15, 0.2) is 0 Å². The summed E-state index contributed by atoms with van der Waals surface area (Å²) in [5, 5.41) is 11.3. The highest BCUT2D eigenvalue weighted by atomic mass is 16.6. The number of piperidine rings is 1. The van der Waals surface area contributed by atoms with Crippen LogP contribution in [0.15, 0.2) is 36.7 Å². The second-order valence-electron chi connectivity index (χ2n) is 5.69.